The number of nitrogens with zero attached hydrogens (tertiary/aromatic N) is 5. The van der Waals surface area contributed by atoms with Gasteiger partial charge in [-0.25, -0.2) is 4.39 Å². The Morgan fingerprint density at radius 1 is 1.45 bits per heavy atom. The summed E-state index contributed by atoms with van der Waals surface area (Å²) in [5, 5.41) is 20.0. The predicted molar refractivity (Wildman–Crippen MR) is 104 cm³/mol. The van der Waals surface area contributed by atoms with Gasteiger partial charge in [-0.2, -0.15) is 15.2 Å². The van der Waals surface area contributed by atoms with Crippen LogP contribution >= 0.6 is 11.6 Å². The van der Waals surface area contributed by atoms with Crippen molar-refractivity contribution >= 4 is 17.4 Å². The molecule has 0 saturated carbocycles. The molecule has 8 nitrogen and oxygen atoms in total. The fraction of sp³-hybridized carbons (Fsp3) is 0.737. The molecule has 10 heteroatoms. The van der Waals surface area contributed by atoms with Crippen LogP contribution in [0.1, 0.15) is 31.7 Å². The minimum Gasteiger partial charge on any atom is -0.461 e. The zero-order chi connectivity index (χ0) is 20.6. The highest BCUT2D eigenvalue weighted by Gasteiger charge is 2.49. The Morgan fingerprint density at radius 2 is 2.28 bits per heavy atom. The second-order valence-corrected chi connectivity index (χ2v) is 8.80. The van der Waals surface area contributed by atoms with Crippen LogP contribution in [-0.2, 0) is 4.74 Å². The molecule has 0 unspecified atom stereocenters. The summed E-state index contributed by atoms with van der Waals surface area (Å²) in [6, 6.07) is 2.09. The number of rotatable bonds is 4. The molecule has 0 bridgehead atoms. The molecule has 3 saturated heterocycles. The summed E-state index contributed by atoms with van der Waals surface area (Å²) in [7, 11) is 0. The van der Waals surface area contributed by atoms with Crippen LogP contribution in [0.25, 0.3) is 0 Å². The molecule has 158 valence electrons. The predicted octanol–water partition coefficient (Wildman–Crippen LogP) is 1.54. The molecule has 0 amide bonds. The molecule has 0 radical (unpaired) electrons. The average Bonchev–Trinajstić information content (AvgIpc) is 3.10. The van der Waals surface area contributed by atoms with E-state index in [1.165, 1.54) is 0 Å². The molecule has 29 heavy (non-hydrogen) atoms. The fourth-order valence-corrected chi connectivity index (χ4v) is 4.82. The number of fused-ring (bicyclic) bond motifs is 1. The van der Waals surface area contributed by atoms with Gasteiger partial charge >= 0.3 is 6.01 Å². The van der Waals surface area contributed by atoms with Crippen molar-refractivity contribution in [1.29, 1.82) is 5.26 Å². The molecule has 3 aliphatic heterocycles. The van der Waals surface area contributed by atoms with E-state index < -0.39 is 11.8 Å². The number of aromatic nitrogens is 2. The molecule has 3 atom stereocenters. The van der Waals surface area contributed by atoms with Crippen LogP contribution in [-0.4, -0.2) is 83.3 Å². The van der Waals surface area contributed by atoms with Crippen LogP contribution in [0.15, 0.2) is 0 Å². The molecule has 0 aromatic carbocycles. The van der Waals surface area contributed by atoms with Crippen molar-refractivity contribution in [2.24, 2.45) is 0 Å². The van der Waals surface area contributed by atoms with Crippen LogP contribution in [0.2, 0.25) is 5.15 Å². The number of hydrogen-bond donors (Lipinski definition) is 1. The highest BCUT2D eigenvalue weighted by molar-refractivity contribution is 6.30. The minimum atomic E-state index is -1.09. The van der Waals surface area contributed by atoms with Gasteiger partial charge in [0.05, 0.1) is 25.3 Å². The third kappa shape index (κ3) is 4.12. The van der Waals surface area contributed by atoms with E-state index in [0.29, 0.717) is 31.9 Å². The molecule has 1 aromatic rings. The van der Waals surface area contributed by atoms with Crippen LogP contribution in [0.4, 0.5) is 10.2 Å². The molecule has 1 N–H and O–H groups in total. The summed E-state index contributed by atoms with van der Waals surface area (Å²) in [6.45, 7) is 4.49. The molecule has 4 heterocycles. The highest BCUT2D eigenvalue weighted by atomic mass is 35.5. The lowest BCUT2D eigenvalue weighted by molar-refractivity contribution is -0.0123. The Hall–Kier alpha value is -1.73. The lowest BCUT2D eigenvalue weighted by Gasteiger charge is -2.31. The molecule has 3 fully saturated rings. The van der Waals surface area contributed by atoms with Gasteiger partial charge in [0.15, 0.2) is 11.0 Å². The first kappa shape index (κ1) is 20.5. The van der Waals surface area contributed by atoms with Gasteiger partial charge in [-0.3, -0.25) is 4.90 Å². The molecule has 3 aliphatic rings. The van der Waals surface area contributed by atoms with Gasteiger partial charge in [0.25, 0.3) is 0 Å². The summed E-state index contributed by atoms with van der Waals surface area (Å²) in [5.41, 5.74) is -1.30. The van der Waals surface area contributed by atoms with E-state index in [2.05, 4.69) is 14.9 Å². The second-order valence-electron chi connectivity index (χ2n) is 8.44. The Labute approximate surface area is 174 Å². The number of ether oxygens (including phenoxy) is 2. The van der Waals surface area contributed by atoms with Crippen molar-refractivity contribution in [2.75, 3.05) is 50.9 Å². The van der Waals surface area contributed by atoms with Gasteiger partial charge in [0.1, 0.15) is 30.0 Å². The number of aliphatic hydroxyl groups is 1. The van der Waals surface area contributed by atoms with Crippen molar-refractivity contribution in [3.63, 3.8) is 0 Å². The Bertz CT molecular complexity index is 820. The Kier molecular flexibility index (Phi) is 5.55. The molecular weight excluding hydrogens is 401 g/mol. The largest absolute Gasteiger partial charge is 0.461 e. The van der Waals surface area contributed by atoms with Crippen molar-refractivity contribution in [3.8, 4) is 12.1 Å². The van der Waals surface area contributed by atoms with E-state index in [9.17, 15) is 14.8 Å². The van der Waals surface area contributed by atoms with Crippen molar-refractivity contribution in [1.82, 2.24) is 14.9 Å². The first-order chi connectivity index (χ1) is 13.8. The minimum absolute atomic E-state index is 0.00660. The van der Waals surface area contributed by atoms with E-state index in [1.807, 2.05) is 6.07 Å². The van der Waals surface area contributed by atoms with Gasteiger partial charge < -0.3 is 19.5 Å². The van der Waals surface area contributed by atoms with Gasteiger partial charge in [0, 0.05) is 19.5 Å². The molecule has 0 aliphatic carbocycles. The van der Waals surface area contributed by atoms with Crippen molar-refractivity contribution in [2.45, 2.75) is 43.5 Å². The van der Waals surface area contributed by atoms with Gasteiger partial charge in [0.2, 0.25) is 0 Å². The maximum absolute atomic E-state index is 14.0. The van der Waals surface area contributed by atoms with Crippen LogP contribution in [0.5, 0.6) is 6.01 Å². The lowest BCUT2D eigenvalue weighted by atomic mass is 9.95. The lowest BCUT2D eigenvalue weighted by Crippen LogP contribution is -2.44. The first-order valence-corrected chi connectivity index (χ1v) is 10.2. The van der Waals surface area contributed by atoms with Crippen molar-refractivity contribution in [3.05, 3.63) is 10.7 Å². The van der Waals surface area contributed by atoms with E-state index in [1.54, 1.807) is 11.8 Å². The maximum Gasteiger partial charge on any atom is 0.319 e. The SMILES string of the molecule is C[C@@]1(O)COCCN(c2nc(OC[C@@]34CCCN3C[C@H](F)C4)nc(Cl)c2C#N)C1. The van der Waals surface area contributed by atoms with Crippen LogP contribution in [0, 0.1) is 11.3 Å². The number of halogens is 2. The quantitative estimate of drug-likeness (QED) is 0.726. The molecule has 4 rings (SSSR count). The molecular formula is C19H25ClFN5O3. The van der Waals surface area contributed by atoms with Gasteiger partial charge in [-0.05, 0) is 26.3 Å². The summed E-state index contributed by atoms with van der Waals surface area (Å²) >= 11 is 6.25. The first-order valence-electron chi connectivity index (χ1n) is 9.87. The standard InChI is InChI=1S/C19H25ClFN5O3/c1-18(27)10-25(5-6-28-11-18)16-14(8-22)15(20)23-17(24-16)29-12-19-3-2-4-26(19)9-13(21)7-19/h13,27H,2-7,9-12H2,1H3/t13-,18+,19+/m1/s1. The summed E-state index contributed by atoms with van der Waals surface area (Å²) in [5.74, 6) is 0.309. The van der Waals surface area contributed by atoms with Gasteiger partial charge in [-0.15, -0.1) is 0 Å². The zero-order valence-electron chi connectivity index (χ0n) is 16.4. The second kappa shape index (κ2) is 7.84. The molecule has 1 aromatic heterocycles. The summed E-state index contributed by atoms with van der Waals surface area (Å²) in [6.07, 6.45) is 1.48. The fourth-order valence-electron chi connectivity index (χ4n) is 4.62. The van der Waals surface area contributed by atoms with Crippen LogP contribution < -0.4 is 9.64 Å². The summed E-state index contributed by atoms with van der Waals surface area (Å²) in [4.78, 5) is 12.5. The van der Waals surface area contributed by atoms with E-state index >= 15 is 0 Å². The van der Waals surface area contributed by atoms with Gasteiger partial charge in [-0.1, -0.05) is 11.6 Å². The zero-order valence-corrected chi connectivity index (χ0v) is 17.2. The molecule has 0 spiro atoms. The van der Waals surface area contributed by atoms with E-state index in [4.69, 9.17) is 21.1 Å². The highest BCUT2D eigenvalue weighted by Crippen LogP contribution is 2.40. The number of β-amino-alcohol motifs (C(OH)–C–C–N with tert-alkyl or cyclic N) is 1. The number of alkyl halides is 1. The Morgan fingerprint density at radius 3 is 3.07 bits per heavy atom. The van der Waals surface area contributed by atoms with E-state index in [0.717, 1.165) is 19.4 Å². The maximum atomic E-state index is 14.0. The smallest absolute Gasteiger partial charge is 0.319 e. The van der Waals surface area contributed by atoms with Crippen LogP contribution in [0.3, 0.4) is 0 Å². The third-order valence-electron chi connectivity index (χ3n) is 5.92. The third-order valence-corrected chi connectivity index (χ3v) is 6.19. The number of hydrogen-bond acceptors (Lipinski definition) is 8. The number of nitriles is 1. The van der Waals surface area contributed by atoms with E-state index in [-0.39, 0.29) is 42.0 Å². The normalized spacial score (nSPS) is 32.7. The number of anilines is 1. The monoisotopic (exact) mass is 425 g/mol. The Balaban J connectivity index is 1.58. The topological polar surface area (TPSA) is 94.7 Å². The van der Waals surface area contributed by atoms with Crippen molar-refractivity contribution < 1.29 is 19.0 Å². The average molecular weight is 426 g/mol. The summed E-state index contributed by atoms with van der Waals surface area (Å²) < 4.78 is 25.3.